The van der Waals surface area contributed by atoms with Gasteiger partial charge in [-0.2, -0.15) is 5.10 Å². The molecule has 2 aliphatic rings. The third-order valence-electron chi connectivity index (χ3n) is 7.91. The summed E-state index contributed by atoms with van der Waals surface area (Å²) in [6.07, 6.45) is 4.89. The van der Waals surface area contributed by atoms with Gasteiger partial charge in [0.25, 0.3) is 5.91 Å². The van der Waals surface area contributed by atoms with Crippen LogP contribution in [0.15, 0.2) is 71.5 Å². The van der Waals surface area contributed by atoms with Crippen molar-refractivity contribution in [2.75, 3.05) is 5.32 Å². The average Bonchev–Trinajstić information content (AvgIpc) is 3.48. The monoisotopic (exact) mass is 495 g/mol. The Morgan fingerprint density at radius 3 is 2.49 bits per heavy atom. The Morgan fingerprint density at radius 2 is 1.73 bits per heavy atom. The number of hydrogen-bond acceptors (Lipinski definition) is 4. The van der Waals surface area contributed by atoms with Crippen LogP contribution in [0.2, 0.25) is 0 Å². The Labute approximate surface area is 214 Å². The van der Waals surface area contributed by atoms with Gasteiger partial charge in [-0.05, 0) is 72.4 Å². The van der Waals surface area contributed by atoms with Gasteiger partial charge < -0.3 is 10.2 Å². The molecule has 4 aromatic rings. The fourth-order valence-corrected chi connectivity index (χ4v) is 5.99. The van der Waals surface area contributed by atoms with Gasteiger partial charge in [0.2, 0.25) is 5.91 Å². The average molecular weight is 496 g/mol. The van der Waals surface area contributed by atoms with Gasteiger partial charge in [0.1, 0.15) is 6.04 Å². The molecule has 6 rings (SSSR count). The summed E-state index contributed by atoms with van der Waals surface area (Å²) in [7, 11) is 1.65. The lowest BCUT2D eigenvalue weighted by atomic mass is 9.84. The minimum Gasteiger partial charge on any atom is -0.324 e. The van der Waals surface area contributed by atoms with Crippen LogP contribution in [0.3, 0.4) is 0 Å². The first-order valence-corrected chi connectivity index (χ1v) is 12.8. The number of amides is 2. The van der Waals surface area contributed by atoms with Gasteiger partial charge in [0, 0.05) is 29.9 Å². The van der Waals surface area contributed by atoms with Crippen LogP contribution in [0.1, 0.15) is 42.5 Å². The number of anilines is 1. The zero-order valence-corrected chi connectivity index (χ0v) is 20.7. The Balaban J connectivity index is 1.25. The SMILES string of the molecule is Cn1c(-c2ccc(NC(=O)[C@@H]3C[C@@H]4CCCC[C@@H]4N3C(=O)c3ccc4ccccc4c3)cc2)n[nH]c1=O. The highest BCUT2D eigenvalue weighted by molar-refractivity contribution is 6.03. The van der Waals surface area contributed by atoms with E-state index in [1.54, 1.807) is 19.2 Å². The number of carbonyl (C=O) groups excluding carboxylic acids is 2. The molecule has 1 saturated carbocycles. The molecule has 37 heavy (non-hydrogen) atoms. The highest BCUT2D eigenvalue weighted by Crippen LogP contribution is 2.41. The molecule has 8 nitrogen and oxygen atoms in total. The predicted molar refractivity (Wildman–Crippen MR) is 142 cm³/mol. The maximum atomic E-state index is 13.9. The molecule has 188 valence electrons. The molecule has 1 aliphatic carbocycles. The maximum Gasteiger partial charge on any atom is 0.343 e. The number of likely N-dealkylation sites (tertiary alicyclic amines) is 1. The lowest BCUT2D eigenvalue weighted by molar-refractivity contribution is -0.120. The van der Waals surface area contributed by atoms with Crippen LogP contribution in [0, 0.1) is 5.92 Å². The lowest BCUT2D eigenvalue weighted by Crippen LogP contribution is -2.47. The summed E-state index contributed by atoms with van der Waals surface area (Å²) in [6.45, 7) is 0. The molecule has 1 aliphatic heterocycles. The Morgan fingerprint density at radius 1 is 0.973 bits per heavy atom. The normalized spacial score (nSPS) is 21.1. The second-order valence-corrected chi connectivity index (χ2v) is 10.1. The molecule has 2 fully saturated rings. The molecule has 0 spiro atoms. The number of hydrogen-bond donors (Lipinski definition) is 2. The van der Waals surface area contributed by atoms with Crippen molar-refractivity contribution >= 4 is 28.3 Å². The number of nitrogens with one attached hydrogen (secondary N) is 2. The fourth-order valence-electron chi connectivity index (χ4n) is 5.99. The van der Waals surface area contributed by atoms with E-state index in [4.69, 9.17) is 0 Å². The number of H-pyrrole nitrogens is 1. The molecule has 2 amide bonds. The van der Waals surface area contributed by atoms with Crippen molar-refractivity contribution in [2.45, 2.75) is 44.2 Å². The molecule has 1 aromatic heterocycles. The van der Waals surface area contributed by atoms with Gasteiger partial charge in [-0.1, -0.05) is 43.2 Å². The van der Waals surface area contributed by atoms with Gasteiger partial charge in [-0.15, -0.1) is 0 Å². The number of nitrogens with zero attached hydrogens (tertiary/aromatic N) is 3. The second-order valence-electron chi connectivity index (χ2n) is 10.1. The molecule has 8 heteroatoms. The highest BCUT2D eigenvalue weighted by Gasteiger charge is 2.47. The Kier molecular flexibility index (Phi) is 5.87. The summed E-state index contributed by atoms with van der Waals surface area (Å²) in [6, 6.07) is 20.6. The van der Waals surface area contributed by atoms with Crippen molar-refractivity contribution in [2.24, 2.45) is 13.0 Å². The number of rotatable bonds is 4. The van der Waals surface area contributed by atoms with Crippen molar-refractivity contribution in [1.29, 1.82) is 0 Å². The van der Waals surface area contributed by atoms with Gasteiger partial charge >= 0.3 is 5.69 Å². The van der Waals surface area contributed by atoms with Gasteiger partial charge in [0.15, 0.2) is 5.82 Å². The van der Waals surface area contributed by atoms with E-state index in [9.17, 15) is 14.4 Å². The summed E-state index contributed by atoms with van der Waals surface area (Å²) < 4.78 is 1.43. The van der Waals surface area contributed by atoms with E-state index in [1.165, 1.54) is 4.57 Å². The number of aromatic nitrogens is 3. The quantitative estimate of drug-likeness (QED) is 0.440. The first-order chi connectivity index (χ1) is 18.0. The first kappa shape index (κ1) is 23.2. The minimum absolute atomic E-state index is 0.0740. The summed E-state index contributed by atoms with van der Waals surface area (Å²) in [5.74, 6) is 0.630. The molecule has 3 atom stereocenters. The van der Waals surface area contributed by atoms with Crippen molar-refractivity contribution in [1.82, 2.24) is 19.7 Å². The zero-order valence-electron chi connectivity index (χ0n) is 20.7. The Hall–Kier alpha value is -4.20. The van der Waals surface area contributed by atoms with Crippen molar-refractivity contribution in [3.63, 3.8) is 0 Å². The first-order valence-electron chi connectivity index (χ1n) is 12.8. The molecule has 2 heterocycles. The van der Waals surface area contributed by atoms with E-state index in [1.807, 2.05) is 59.5 Å². The van der Waals surface area contributed by atoms with Gasteiger partial charge in [-0.25, -0.2) is 9.89 Å². The van der Waals surface area contributed by atoms with E-state index >= 15 is 0 Å². The molecular formula is C29H29N5O3. The summed E-state index contributed by atoms with van der Waals surface area (Å²) >= 11 is 0. The molecule has 0 unspecified atom stereocenters. The topological polar surface area (TPSA) is 100 Å². The molecule has 0 bridgehead atoms. The maximum absolute atomic E-state index is 13.9. The summed E-state index contributed by atoms with van der Waals surface area (Å²) in [5.41, 5.74) is 1.74. The van der Waals surface area contributed by atoms with Crippen molar-refractivity contribution < 1.29 is 9.59 Å². The standard InChI is InChI=1S/C29H29N5O3/c1-33-26(31-32-29(33)37)19-12-14-23(15-13-19)30-27(35)25-17-21-8-4-5-9-24(21)34(25)28(36)22-11-10-18-6-2-3-7-20(18)16-22/h2-3,6-7,10-16,21,24-25H,4-5,8-9,17H2,1H3,(H,30,35)(H,32,37)/t21-,24-,25-/m0/s1. The van der Waals surface area contributed by atoms with Crippen LogP contribution < -0.4 is 11.0 Å². The number of fused-ring (bicyclic) bond motifs is 2. The van der Waals surface area contributed by atoms with Crippen LogP contribution in [-0.2, 0) is 11.8 Å². The molecular weight excluding hydrogens is 466 g/mol. The molecule has 3 aromatic carbocycles. The van der Waals surface area contributed by atoms with Crippen LogP contribution in [-0.4, -0.2) is 43.6 Å². The second kappa shape index (κ2) is 9.35. The van der Waals surface area contributed by atoms with Crippen molar-refractivity contribution in [3.8, 4) is 11.4 Å². The number of carbonyl (C=O) groups is 2. The third-order valence-corrected chi connectivity index (χ3v) is 7.91. The van der Waals surface area contributed by atoms with Crippen molar-refractivity contribution in [3.05, 3.63) is 82.8 Å². The van der Waals surface area contributed by atoms with Crippen LogP contribution >= 0.6 is 0 Å². The zero-order chi connectivity index (χ0) is 25.5. The predicted octanol–water partition coefficient (Wildman–Crippen LogP) is 4.34. The molecule has 1 saturated heterocycles. The van der Waals surface area contributed by atoms with E-state index in [0.29, 0.717) is 29.4 Å². The summed E-state index contributed by atoms with van der Waals surface area (Å²) in [4.78, 5) is 41.0. The number of aromatic amines is 1. The highest BCUT2D eigenvalue weighted by atomic mass is 16.2. The van der Waals surface area contributed by atoms with Gasteiger partial charge in [-0.3, -0.25) is 14.2 Å². The fraction of sp³-hybridized carbons (Fsp3) is 0.310. The number of benzene rings is 3. The minimum atomic E-state index is -0.515. The van der Waals surface area contributed by atoms with E-state index in [0.717, 1.165) is 42.0 Å². The van der Waals surface area contributed by atoms with Crippen LogP contribution in [0.5, 0.6) is 0 Å². The van der Waals surface area contributed by atoms with E-state index in [2.05, 4.69) is 15.5 Å². The van der Waals surface area contributed by atoms with Crippen LogP contribution in [0.4, 0.5) is 5.69 Å². The molecule has 2 N–H and O–H groups in total. The lowest BCUT2D eigenvalue weighted by Gasteiger charge is -2.33. The van der Waals surface area contributed by atoms with E-state index < -0.39 is 6.04 Å². The summed E-state index contributed by atoms with van der Waals surface area (Å²) in [5, 5.41) is 11.6. The molecule has 0 radical (unpaired) electrons. The smallest absolute Gasteiger partial charge is 0.324 e. The Bertz CT molecular complexity index is 1540. The largest absolute Gasteiger partial charge is 0.343 e. The van der Waals surface area contributed by atoms with E-state index in [-0.39, 0.29) is 23.5 Å². The van der Waals surface area contributed by atoms with Gasteiger partial charge in [0.05, 0.1) is 0 Å². The van der Waals surface area contributed by atoms with Crippen LogP contribution in [0.25, 0.3) is 22.2 Å². The third kappa shape index (κ3) is 4.22.